The van der Waals surface area contributed by atoms with E-state index < -0.39 is 7.87 Å². The summed E-state index contributed by atoms with van der Waals surface area (Å²) >= 11 is 7.42. The molecule has 6 saturated carbocycles. The molecule has 0 N–H and O–H groups in total. The smallest absolute Gasteiger partial charge is 0.380 e. The summed E-state index contributed by atoms with van der Waals surface area (Å²) in [6, 6.07) is 0. The zero-order valence-electron chi connectivity index (χ0n) is 40.5. The molecule has 2 nitrogen and oxygen atoms in total. The minimum Gasteiger partial charge on any atom is -0.380 e. The van der Waals surface area contributed by atoms with Gasteiger partial charge in [0.15, 0.2) is 0 Å². The number of allylic oxidation sites excluding steroid dienone is 2. The van der Waals surface area contributed by atoms with Crippen LogP contribution >= 0.6 is 11.1 Å². The van der Waals surface area contributed by atoms with Crippen LogP contribution in [0.1, 0.15) is 210 Å². The second kappa shape index (κ2) is 17.4. The maximum Gasteiger partial charge on any atom is 0.440 e. The monoisotopic (exact) mass is 849 g/mol. The lowest BCUT2D eigenvalue weighted by molar-refractivity contribution is -0.0612. The average Bonchev–Trinajstić information content (AvgIpc) is 3.71. The van der Waals surface area contributed by atoms with Crippen LogP contribution in [0.25, 0.3) is 0 Å². The second-order valence-corrected chi connectivity index (χ2v) is 29.6. The summed E-state index contributed by atoms with van der Waals surface area (Å²) in [7, 11) is -2.82. The number of hydrogen-bond donors (Lipinski definition) is 0. The fourth-order valence-corrected chi connectivity index (χ4v) is 20.5. The Morgan fingerprint density at radius 1 is 0.559 bits per heavy atom. The summed E-state index contributed by atoms with van der Waals surface area (Å²) in [6.45, 7) is 27.8. The molecule has 2 unspecified atom stereocenters. The molecule has 8 aliphatic rings. The van der Waals surface area contributed by atoms with E-state index in [9.17, 15) is 0 Å². The van der Waals surface area contributed by atoms with Crippen molar-refractivity contribution in [1.82, 2.24) is 0 Å². The fourth-order valence-electron chi connectivity index (χ4n) is 18.1. The molecule has 0 aromatic rings. The van der Waals surface area contributed by atoms with Gasteiger partial charge >= 0.3 is 7.87 Å². The van der Waals surface area contributed by atoms with Gasteiger partial charge in [0.1, 0.15) is 0 Å². The highest BCUT2D eigenvalue weighted by molar-refractivity contribution is 7.12. The summed E-state index contributed by atoms with van der Waals surface area (Å²) < 4.78 is 14.0. The fraction of sp³-hybridized carbons (Fsp3) is 0.927. The number of hydrogen-bond acceptors (Lipinski definition) is 2. The summed E-state index contributed by atoms with van der Waals surface area (Å²) in [5, 5.41) is 0. The third kappa shape index (κ3) is 8.50. The molecule has 8 rings (SSSR count). The van der Waals surface area contributed by atoms with E-state index in [0.29, 0.717) is 21.7 Å². The van der Waals surface area contributed by atoms with Gasteiger partial charge in [0.05, 0.1) is 12.2 Å². The molecule has 4 heteroatoms. The van der Waals surface area contributed by atoms with Crippen LogP contribution in [0.5, 0.6) is 0 Å². The third-order valence-electron chi connectivity index (χ3n) is 21.3. The van der Waals surface area contributed by atoms with Gasteiger partial charge in [0.2, 0.25) is 0 Å². The second-order valence-electron chi connectivity index (χ2n) is 25.4. The van der Waals surface area contributed by atoms with Gasteiger partial charge in [0, 0.05) is 0 Å². The molecule has 16 atom stereocenters. The van der Waals surface area contributed by atoms with Crippen molar-refractivity contribution < 1.29 is 8.85 Å². The molecule has 8 aliphatic carbocycles. The van der Waals surface area contributed by atoms with Crippen LogP contribution in [-0.2, 0) is 8.85 Å². The van der Waals surface area contributed by atoms with Crippen molar-refractivity contribution in [2.45, 2.75) is 229 Å². The predicted octanol–water partition coefficient (Wildman–Crippen LogP) is 16.6. The molecule has 336 valence electrons. The van der Waals surface area contributed by atoms with Gasteiger partial charge in [-0.2, -0.15) is 0 Å². The van der Waals surface area contributed by atoms with Gasteiger partial charge in [-0.25, -0.2) is 0 Å². The molecule has 0 heterocycles. The van der Waals surface area contributed by atoms with E-state index in [1.807, 2.05) is 0 Å². The summed E-state index contributed by atoms with van der Waals surface area (Å²) in [5.41, 5.74) is 5.22. The molecule has 6 fully saturated rings. The largest absolute Gasteiger partial charge is 0.440 e. The SMILES string of the molecule is CC(C)CCC[C@@H](C)[C@H]1CC[C@H]2[C@@H]3CC=C4CC(O[Si](C)(Cl)OC5CC[C@]6(C)C(=CC[C@H]7[C@@H]8CC[C@H]([C@H](C)CCCC(C)C)[C@]8(C)CC[C@@H]76)C5)CC[C@@]4(C)[C@H]3CC[C@@]12C. The van der Waals surface area contributed by atoms with Crippen molar-refractivity contribution in [3.63, 3.8) is 0 Å². The van der Waals surface area contributed by atoms with Crippen molar-refractivity contribution in [3.8, 4) is 0 Å². The van der Waals surface area contributed by atoms with Crippen LogP contribution in [0.15, 0.2) is 23.3 Å². The molecular weight excluding hydrogens is 756 g/mol. The molecule has 59 heavy (non-hydrogen) atoms. The Balaban J connectivity index is 0.853. The molecule has 0 bridgehead atoms. The standard InChI is InChI=1S/C55H93ClO2Si/c1-36(2)14-12-16-38(5)46-22-24-48-44-20-18-40-34-42(26-30-52(40,7)50(44)28-32-54(46,48)9)57-59(11,56)58-43-27-31-53(8)41(35-43)19-21-45-49-25-23-47(39(6)17-13-15-37(3)4)55(49,10)33-29-51(45)53/h18-19,36-39,42-51H,12-17,20-35H2,1-11H3/t38-,39-,42?,43?,44+,45+,46-,47-,48+,49+,50+,51+,52-,53-,54+,55+,59?/m1/s1. The van der Waals surface area contributed by atoms with Crippen LogP contribution in [-0.4, -0.2) is 20.1 Å². The number of rotatable bonds is 14. The third-order valence-corrected chi connectivity index (χ3v) is 23.3. The molecule has 0 aromatic heterocycles. The summed E-state index contributed by atoms with van der Waals surface area (Å²) in [4.78, 5) is 0. The first-order valence-corrected chi connectivity index (χ1v) is 29.6. The first-order valence-electron chi connectivity index (χ1n) is 26.3. The normalized spacial score (nSPS) is 46.2. The van der Waals surface area contributed by atoms with Crippen LogP contribution in [0.2, 0.25) is 6.55 Å². The molecule has 0 amide bonds. The Labute approximate surface area is 371 Å². The molecule has 0 aliphatic heterocycles. The Morgan fingerprint density at radius 2 is 0.966 bits per heavy atom. The van der Waals surface area contributed by atoms with Gasteiger partial charge in [0.25, 0.3) is 0 Å². The Kier molecular flexibility index (Phi) is 13.4. The summed E-state index contributed by atoms with van der Waals surface area (Å²) in [6.07, 6.45) is 35.7. The van der Waals surface area contributed by atoms with E-state index in [0.717, 1.165) is 96.7 Å². The van der Waals surface area contributed by atoms with Crippen molar-refractivity contribution in [2.75, 3.05) is 0 Å². The van der Waals surface area contributed by atoms with E-state index in [1.165, 1.54) is 116 Å². The number of halogens is 1. The maximum absolute atomic E-state index is 7.42. The predicted molar refractivity (Wildman–Crippen MR) is 253 cm³/mol. The lowest BCUT2D eigenvalue weighted by Gasteiger charge is -2.59. The molecule has 0 spiro atoms. The topological polar surface area (TPSA) is 18.5 Å². The minimum absolute atomic E-state index is 0.213. The first kappa shape index (κ1) is 45.5. The zero-order chi connectivity index (χ0) is 42.1. The quantitative estimate of drug-likeness (QED) is 0.0985. The Hall–Kier alpha value is -0.0931. The zero-order valence-corrected chi connectivity index (χ0v) is 42.2. The van der Waals surface area contributed by atoms with E-state index in [-0.39, 0.29) is 12.2 Å². The average molecular weight is 850 g/mol. The lowest BCUT2D eigenvalue weighted by atomic mass is 9.47. The number of fused-ring (bicyclic) bond motifs is 10. The van der Waals surface area contributed by atoms with E-state index in [2.05, 4.69) is 87.9 Å². The van der Waals surface area contributed by atoms with Crippen LogP contribution < -0.4 is 0 Å². The van der Waals surface area contributed by atoms with Crippen molar-refractivity contribution in [1.29, 1.82) is 0 Å². The maximum atomic E-state index is 7.42. The van der Waals surface area contributed by atoms with E-state index in [4.69, 9.17) is 19.9 Å². The Bertz CT molecular complexity index is 1420. The molecule has 0 aromatic carbocycles. The highest BCUT2D eigenvalue weighted by Crippen LogP contribution is 2.69. The highest BCUT2D eigenvalue weighted by Gasteiger charge is 2.61. The van der Waals surface area contributed by atoms with Crippen LogP contribution in [0, 0.1) is 92.7 Å². The minimum atomic E-state index is -2.82. The van der Waals surface area contributed by atoms with Gasteiger partial charge in [-0.3, -0.25) is 0 Å². The van der Waals surface area contributed by atoms with Gasteiger partial charge in [-0.1, -0.05) is 142 Å². The van der Waals surface area contributed by atoms with E-state index in [1.54, 1.807) is 11.1 Å². The van der Waals surface area contributed by atoms with E-state index >= 15 is 0 Å². The van der Waals surface area contributed by atoms with Crippen molar-refractivity contribution >= 4 is 18.9 Å². The van der Waals surface area contributed by atoms with Crippen molar-refractivity contribution in [3.05, 3.63) is 23.3 Å². The highest BCUT2D eigenvalue weighted by atomic mass is 35.6. The molecule has 0 radical (unpaired) electrons. The van der Waals surface area contributed by atoms with Gasteiger partial charge in [-0.05, 0) is 202 Å². The van der Waals surface area contributed by atoms with Crippen LogP contribution in [0.3, 0.4) is 0 Å². The van der Waals surface area contributed by atoms with Crippen molar-refractivity contribution in [2.24, 2.45) is 92.7 Å². The van der Waals surface area contributed by atoms with Crippen LogP contribution in [0.4, 0.5) is 0 Å². The van der Waals surface area contributed by atoms with Gasteiger partial charge < -0.3 is 8.85 Å². The molecular formula is C55H93ClO2Si. The Morgan fingerprint density at radius 3 is 1.36 bits per heavy atom. The first-order chi connectivity index (χ1) is 27.9. The summed E-state index contributed by atoms with van der Waals surface area (Å²) in [5.74, 6) is 10.6. The van der Waals surface area contributed by atoms with Gasteiger partial charge in [-0.15, -0.1) is 0 Å². The lowest BCUT2D eigenvalue weighted by Crippen LogP contribution is -2.52. The molecule has 0 saturated heterocycles.